The van der Waals surface area contributed by atoms with Gasteiger partial charge in [-0.2, -0.15) is 4.31 Å². The van der Waals surface area contributed by atoms with Gasteiger partial charge in [0.15, 0.2) is 5.58 Å². The number of sulfonamides is 1. The van der Waals surface area contributed by atoms with Gasteiger partial charge in [-0.15, -0.1) is 0 Å². The monoisotopic (exact) mass is 599 g/mol. The van der Waals surface area contributed by atoms with Crippen molar-refractivity contribution in [3.8, 4) is 11.5 Å². The smallest absolute Gasteiger partial charge is 0.252 e. The molecule has 2 heterocycles. The number of benzene rings is 3. The van der Waals surface area contributed by atoms with E-state index in [0.717, 1.165) is 47.2 Å². The Bertz CT molecular complexity index is 1760. The van der Waals surface area contributed by atoms with Crippen molar-refractivity contribution in [2.24, 2.45) is 0 Å². The molecule has 0 bridgehead atoms. The SMILES string of the molecule is Cc1cc(C)c(C)c(S(=O)(=O)N(C2CCCCCC2)C2CC(=O)N(c3ccc(-c4nc5ccccc5o4)cc3)C2=O)c1C. The molecule has 6 rings (SSSR count). The number of hydrogen-bond acceptors (Lipinski definition) is 6. The third kappa shape index (κ3) is 5.18. The van der Waals surface area contributed by atoms with Gasteiger partial charge < -0.3 is 4.42 Å². The summed E-state index contributed by atoms with van der Waals surface area (Å²) in [6.07, 6.45) is 4.97. The lowest BCUT2D eigenvalue weighted by Crippen LogP contribution is -2.51. The van der Waals surface area contributed by atoms with Crippen LogP contribution in [0.5, 0.6) is 0 Å². The first-order chi connectivity index (χ1) is 20.6. The molecule has 1 aromatic heterocycles. The van der Waals surface area contributed by atoms with Crippen molar-refractivity contribution in [1.82, 2.24) is 9.29 Å². The van der Waals surface area contributed by atoms with Crippen LogP contribution in [0.1, 0.15) is 67.2 Å². The molecule has 9 heteroatoms. The van der Waals surface area contributed by atoms with Gasteiger partial charge in [-0.05, 0) is 99.2 Å². The maximum atomic E-state index is 14.7. The Balaban J connectivity index is 1.37. The Hall–Kier alpha value is -3.82. The molecule has 224 valence electrons. The van der Waals surface area contributed by atoms with Crippen molar-refractivity contribution in [1.29, 1.82) is 0 Å². The third-order valence-electron chi connectivity index (χ3n) is 9.11. The number of fused-ring (bicyclic) bond motifs is 1. The van der Waals surface area contributed by atoms with Gasteiger partial charge >= 0.3 is 0 Å². The summed E-state index contributed by atoms with van der Waals surface area (Å²) < 4.78 is 36.6. The number of carbonyl (C=O) groups is 2. The fraction of sp³-hybridized carbons (Fsp3) is 0.382. The van der Waals surface area contributed by atoms with Crippen LogP contribution in [-0.2, 0) is 19.6 Å². The van der Waals surface area contributed by atoms with Gasteiger partial charge in [0.25, 0.3) is 5.91 Å². The number of carbonyl (C=O) groups excluding carboxylic acids is 2. The Kier molecular flexibility index (Phi) is 7.73. The summed E-state index contributed by atoms with van der Waals surface area (Å²) in [4.78, 5) is 33.5. The van der Waals surface area contributed by atoms with E-state index in [1.165, 1.54) is 4.31 Å². The highest BCUT2D eigenvalue weighted by Gasteiger charge is 2.50. The maximum Gasteiger partial charge on any atom is 0.252 e. The first-order valence-electron chi connectivity index (χ1n) is 15.0. The van der Waals surface area contributed by atoms with E-state index in [-0.39, 0.29) is 17.4 Å². The van der Waals surface area contributed by atoms with E-state index in [1.54, 1.807) is 24.3 Å². The minimum atomic E-state index is -4.11. The van der Waals surface area contributed by atoms with Crippen LogP contribution in [0.3, 0.4) is 0 Å². The van der Waals surface area contributed by atoms with Crippen LogP contribution in [0.25, 0.3) is 22.6 Å². The number of imide groups is 1. The highest BCUT2D eigenvalue weighted by atomic mass is 32.2. The van der Waals surface area contributed by atoms with Gasteiger partial charge in [0, 0.05) is 11.6 Å². The molecule has 4 aromatic rings. The van der Waals surface area contributed by atoms with Gasteiger partial charge in [-0.25, -0.2) is 18.3 Å². The van der Waals surface area contributed by atoms with Crippen LogP contribution < -0.4 is 4.90 Å². The minimum Gasteiger partial charge on any atom is -0.436 e. The second kappa shape index (κ2) is 11.4. The van der Waals surface area contributed by atoms with E-state index < -0.39 is 27.9 Å². The van der Waals surface area contributed by atoms with E-state index >= 15 is 0 Å². The average molecular weight is 600 g/mol. The molecule has 3 aromatic carbocycles. The minimum absolute atomic E-state index is 0.190. The molecule has 1 aliphatic carbocycles. The summed E-state index contributed by atoms with van der Waals surface area (Å²) in [6.45, 7) is 7.47. The number of aryl methyl sites for hydroxylation is 2. The molecule has 1 aliphatic heterocycles. The number of anilines is 1. The lowest BCUT2D eigenvalue weighted by molar-refractivity contribution is -0.122. The second-order valence-corrected chi connectivity index (χ2v) is 13.7. The number of amides is 2. The Labute approximate surface area is 252 Å². The quantitative estimate of drug-likeness (QED) is 0.179. The highest BCUT2D eigenvalue weighted by Crippen LogP contribution is 2.38. The molecule has 0 N–H and O–H groups in total. The number of para-hydroxylation sites is 2. The molecule has 2 amide bonds. The topological polar surface area (TPSA) is 101 Å². The molecule has 0 spiro atoms. The Morgan fingerprint density at radius 3 is 2.12 bits per heavy atom. The van der Waals surface area contributed by atoms with Crippen molar-refractivity contribution >= 4 is 38.6 Å². The molecule has 2 fully saturated rings. The average Bonchev–Trinajstić information content (AvgIpc) is 3.41. The maximum absolute atomic E-state index is 14.7. The molecular formula is C34H37N3O5S. The van der Waals surface area contributed by atoms with Gasteiger partial charge in [-0.1, -0.05) is 43.9 Å². The fourth-order valence-corrected chi connectivity index (χ4v) is 9.05. The molecule has 1 saturated carbocycles. The third-order valence-corrected chi connectivity index (χ3v) is 11.3. The number of nitrogens with zero attached hydrogens (tertiary/aromatic N) is 3. The standard InChI is InChI=1S/C34H37N3O5S/c1-21-19-22(2)24(4)32(23(21)3)43(40,41)37(27-11-7-5-6-8-12-27)29-20-31(38)36(34(29)39)26-17-15-25(16-18-26)33-35-28-13-9-10-14-30(28)42-33/h9-10,13-19,27,29H,5-8,11-12,20H2,1-4H3. The zero-order valence-electron chi connectivity index (χ0n) is 25.1. The summed E-state index contributed by atoms with van der Waals surface area (Å²) in [5.74, 6) is -0.478. The van der Waals surface area contributed by atoms with Gasteiger partial charge in [0.05, 0.1) is 17.0 Å². The first-order valence-corrected chi connectivity index (χ1v) is 16.5. The van der Waals surface area contributed by atoms with Crippen LogP contribution in [0.4, 0.5) is 5.69 Å². The zero-order valence-corrected chi connectivity index (χ0v) is 25.9. The summed E-state index contributed by atoms with van der Waals surface area (Å²) in [5, 5.41) is 0. The van der Waals surface area contributed by atoms with Crippen molar-refractivity contribution in [3.63, 3.8) is 0 Å². The summed E-state index contributed by atoms with van der Waals surface area (Å²) in [5.41, 5.74) is 5.66. The zero-order chi connectivity index (χ0) is 30.5. The van der Waals surface area contributed by atoms with Crippen LogP contribution in [0.15, 0.2) is 63.9 Å². The van der Waals surface area contributed by atoms with Gasteiger partial charge in [-0.3, -0.25) is 9.59 Å². The molecule has 1 saturated heterocycles. The Morgan fingerprint density at radius 2 is 1.49 bits per heavy atom. The van der Waals surface area contributed by atoms with Crippen molar-refractivity contribution in [2.45, 2.75) is 89.6 Å². The van der Waals surface area contributed by atoms with E-state index in [9.17, 15) is 18.0 Å². The lowest BCUT2D eigenvalue weighted by atomic mass is 10.0. The largest absolute Gasteiger partial charge is 0.436 e. The lowest BCUT2D eigenvalue weighted by Gasteiger charge is -2.35. The summed E-state index contributed by atoms with van der Waals surface area (Å²) in [7, 11) is -4.11. The van der Waals surface area contributed by atoms with Crippen molar-refractivity contribution in [3.05, 3.63) is 76.9 Å². The van der Waals surface area contributed by atoms with Crippen LogP contribution in [0.2, 0.25) is 0 Å². The molecule has 43 heavy (non-hydrogen) atoms. The number of hydrogen-bond donors (Lipinski definition) is 0. The fourth-order valence-electron chi connectivity index (χ4n) is 6.64. The molecule has 8 nitrogen and oxygen atoms in total. The van der Waals surface area contributed by atoms with E-state index in [2.05, 4.69) is 4.98 Å². The van der Waals surface area contributed by atoms with E-state index in [1.807, 2.05) is 58.0 Å². The van der Waals surface area contributed by atoms with Gasteiger partial charge in [0.1, 0.15) is 11.6 Å². The Morgan fingerprint density at radius 1 is 0.860 bits per heavy atom. The molecule has 1 atom stereocenters. The van der Waals surface area contributed by atoms with Crippen molar-refractivity contribution < 1.29 is 22.4 Å². The predicted octanol–water partition coefficient (Wildman–Crippen LogP) is 6.77. The predicted molar refractivity (Wildman–Crippen MR) is 166 cm³/mol. The number of rotatable bonds is 6. The highest BCUT2D eigenvalue weighted by molar-refractivity contribution is 7.89. The first kappa shape index (κ1) is 29.3. The molecule has 2 aliphatic rings. The van der Waals surface area contributed by atoms with Crippen molar-refractivity contribution in [2.75, 3.05) is 4.90 Å². The van der Waals surface area contributed by atoms with E-state index in [4.69, 9.17) is 4.42 Å². The number of oxazole rings is 1. The molecule has 0 radical (unpaired) electrons. The molecule has 1 unspecified atom stereocenters. The van der Waals surface area contributed by atoms with Gasteiger partial charge in [0.2, 0.25) is 21.8 Å². The number of aromatic nitrogens is 1. The van der Waals surface area contributed by atoms with Crippen LogP contribution >= 0.6 is 0 Å². The summed E-state index contributed by atoms with van der Waals surface area (Å²) >= 11 is 0. The summed E-state index contributed by atoms with van der Waals surface area (Å²) in [6, 6.07) is 14.9. The normalized spacial score (nSPS) is 18.6. The van der Waals surface area contributed by atoms with Crippen LogP contribution in [-0.4, -0.2) is 41.6 Å². The van der Waals surface area contributed by atoms with E-state index in [0.29, 0.717) is 46.7 Å². The van der Waals surface area contributed by atoms with Crippen LogP contribution in [0, 0.1) is 27.7 Å². The second-order valence-electron chi connectivity index (χ2n) is 11.9. The molecular weight excluding hydrogens is 562 g/mol.